The highest BCUT2D eigenvalue weighted by Gasteiger charge is 2.32. The molecule has 0 amide bonds. The Morgan fingerprint density at radius 1 is 1.00 bits per heavy atom. The summed E-state index contributed by atoms with van der Waals surface area (Å²) < 4.78 is 5.11. The van der Waals surface area contributed by atoms with Crippen molar-refractivity contribution >= 4 is 11.6 Å². The number of fused-ring (bicyclic) bond motifs is 1. The van der Waals surface area contributed by atoms with Gasteiger partial charge in [0.15, 0.2) is 11.5 Å². The van der Waals surface area contributed by atoms with Gasteiger partial charge in [-0.25, -0.2) is 0 Å². The predicted octanol–water partition coefficient (Wildman–Crippen LogP) is 2.99. The van der Waals surface area contributed by atoms with E-state index in [1.165, 1.54) is 7.11 Å². The summed E-state index contributed by atoms with van der Waals surface area (Å²) in [7, 11) is 1.43. The minimum absolute atomic E-state index is 0.0907. The first-order valence-electron chi connectivity index (χ1n) is 5.99. The zero-order valence-corrected chi connectivity index (χ0v) is 11.1. The maximum Gasteiger partial charge on any atom is 0.228 e. The summed E-state index contributed by atoms with van der Waals surface area (Å²) in [6.45, 7) is 5.72. The first-order valence-corrected chi connectivity index (χ1v) is 5.99. The van der Waals surface area contributed by atoms with E-state index in [1.54, 1.807) is 12.1 Å². The second-order valence-electron chi connectivity index (χ2n) is 4.51. The van der Waals surface area contributed by atoms with E-state index in [0.717, 1.165) is 11.1 Å². The molecule has 1 aliphatic carbocycles. The van der Waals surface area contributed by atoms with E-state index in [-0.39, 0.29) is 17.3 Å². The summed E-state index contributed by atoms with van der Waals surface area (Å²) in [5.41, 5.74) is 3.45. The zero-order chi connectivity index (χ0) is 13.4. The van der Waals surface area contributed by atoms with Gasteiger partial charge in [-0.05, 0) is 43.5 Å². The fourth-order valence-electron chi connectivity index (χ4n) is 2.25. The average Bonchev–Trinajstić information content (AvgIpc) is 2.35. The lowest BCUT2D eigenvalue weighted by Gasteiger charge is -2.20. The summed E-state index contributed by atoms with van der Waals surface area (Å²) in [5, 5.41) is 0. The lowest BCUT2D eigenvalue weighted by molar-refractivity contribution is 0.0903. The molecule has 0 atom stereocenters. The van der Waals surface area contributed by atoms with Crippen molar-refractivity contribution in [3.05, 3.63) is 45.7 Å². The van der Waals surface area contributed by atoms with Gasteiger partial charge in [0.05, 0.1) is 7.11 Å². The quantitative estimate of drug-likeness (QED) is 0.803. The van der Waals surface area contributed by atoms with Crippen molar-refractivity contribution in [3.8, 4) is 0 Å². The molecule has 0 bridgehead atoms. The van der Waals surface area contributed by atoms with Crippen molar-refractivity contribution in [1.29, 1.82) is 0 Å². The number of hydrogen-bond donors (Lipinski definition) is 0. The fourth-order valence-corrected chi connectivity index (χ4v) is 2.25. The summed E-state index contributed by atoms with van der Waals surface area (Å²) in [5.74, 6) is -0.0858. The number of methoxy groups -OCH3 is 1. The first kappa shape index (κ1) is 12.6. The van der Waals surface area contributed by atoms with Gasteiger partial charge in [-0.3, -0.25) is 9.59 Å². The van der Waals surface area contributed by atoms with Gasteiger partial charge < -0.3 is 4.74 Å². The standard InChI is InChI=1S/C15H16O3/c1-5-10-13(16)11-6-8(2)9(3)7-12(11)14(17)15(10)18-4/h6-7H,5H2,1-4H3. The molecule has 0 saturated carbocycles. The molecule has 1 aromatic rings. The van der Waals surface area contributed by atoms with Gasteiger partial charge in [0.2, 0.25) is 5.78 Å². The van der Waals surface area contributed by atoms with Crippen LogP contribution in [0.3, 0.4) is 0 Å². The average molecular weight is 244 g/mol. The Hall–Kier alpha value is -1.90. The second-order valence-corrected chi connectivity index (χ2v) is 4.51. The van der Waals surface area contributed by atoms with Gasteiger partial charge >= 0.3 is 0 Å². The maximum absolute atomic E-state index is 12.3. The van der Waals surface area contributed by atoms with Crippen LogP contribution in [0, 0.1) is 13.8 Å². The molecule has 18 heavy (non-hydrogen) atoms. The van der Waals surface area contributed by atoms with Crippen LogP contribution in [0.5, 0.6) is 0 Å². The lowest BCUT2D eigenvalue weighted by Crippen LogP contribution is -2.23. The topological polar surface area (TPSA) is 43.4 Å². The van der Waals surface area contributed by atoms with Crippen LogP contribution in [-0.4, -0.2) is 18.7 Å². The van der Waals surface area contributed by atoms with Gasteiger partial charge in [0, 0.05) is 16.7 Å². The minimum Gasteiger partial charge on any atom is -0.492 e. The Morgan fingerprint density at radius 3 is 1.94 bits per heavy atom. The Balaban J connectivity index is 2.72. The van der Waals surface area contributed by atoms with E-state index in [4.69, 9.17) is 4.74 Å². The molecule has 1 aliphatic rings. The van der Waals surface area contributed by atoms with Crippen LogP contribution in [0.4, 0.5) is 0 Å². The van der Waals surface area contributed by atoms with Gasteiger partial charge in [0.1, 0.15) is 0 Å². The summed E-state index contributed by atoms with van der Waals surface area (Å²) in [6, 6.07) is 3.57. The number of rotatable bonds is 2. The molecule has 0 radical (unpaired) electrons. The number of allylic oxidation sites excluding steroid dienone is 2. The third-order valence-corrected chi connectivity index (χ3v) is 3.44. The highest BCUT2D eigenvalue weighted by atomic mass is 16.5. The van der Waals surface area contributed by atoms with E-state index >= 15 is 0 Å². The number of carbonyl (C=O) groups is 2. The highest BCUT2D eigenvalue weighted by molar-refractivity contribution is 6.26. The van der Waals surface area contributed by atoms with Crippen LogP contribution in [0.15, 0.2) is 23.5 Å². The van der Waals surface area contributed by atoms with Crippen molar-refractivity contribution in [3.63, 3.8) is 0 Å². The summed E-state index contributed by atoms with van der Waals surface area (Å²) in [6.07, 6.45) is 0.500. The number of ether oxygens (including phenoxy) is 1. The molecule has 0 spiro atoms. The monoisotopic (exact) mass is 244 g/mol. The molecule has 1 aromatic carbocycles. The predicted molar refractivity (Wildman–Crippen MR) is 68.9 cm³/mol. The fraction of sp³-hybridized carbons (Fsp3) is 0.333. The van der Waals surface area contributed by atoms with E-state index in [1.807, 2.05) is 20.8 Å². The van der Waals surface area contributed by atoms with E-state index in [0.29, 0.717) is 23.1 Å². The molecule has 3 heteroatoms. The van der Waals surface area contributed by atoms with E-state index < -0.39 is 0 Å². The van der Waals surface area contributed by atoms with Crippen LogP contribution < -0.4 is 0 Å². The molecule has 3 nitrogen and oxygen atoms in total. The molecule has 0 N–H and O–H groups in total. The molecule has 0 fully saturated rings. The minimum atomic E-state index is -0.188. The van der Waals surface area contributed by atoms with Gasteiger partial charge in [-0.15, -0.1) is 0 Å². The van der Waals surface area contributed by atoms with Crippen LogP contribution in [0.25, 0.3) is 0 Å². The Bertz CT molecular complexity index is 529. The van der Waals surface area contributed by atoms with Crippen molar-refractivity contribution in [1.82, 2.24) is 0 Å². The third-order valence-electron chi connectivity index (χ3n) is 3.44. The molecular weight excluding hydrogens is 228 g/mol. The Morgan fingerprint density at radius 2 is 1.50 bits per heavy atom. The lowest BCUT2D eigenvalue weighted by atomic mass is 9.85. The van der Waals surface area contributed by atoms with Gasteiger partial charge in [-0.2, -0.15) is 0 Å². The van der Waals surface area contributed by atoms with Crippen LogP contribution in [-0.2, 0) is 4.74 Å². The van der Waals surface area contributed by atoms with Crippen molar-refractivity contribution in [2.24, 2.45) is 0 Å². The number of carbonyl (C=O) groups excluding carboxylic acids is 2. The molecule has 2 rings (SSSR count). The molecule has 0 aliphatic heterocycles. The Kier molecular flexibility index (Phi) is 3.07. The van der Waals surface area contributed by atoms with Gasteiger partial charge in [0.25, 0.3) is 0 Å². The third kappa shape index (κ3) is 1.67. The van der Waals surface area contributed by atoms with Crippen LogP contribution in [0.1, 0.15) is 45.2 Å². The molecule has 0 saturated heterocycles. The maximum atomic E-state index is 12.3. The van der Waals surface area contributed by atoms with Crippen molar-refractivity contribution in [2.45, 2.75) is 27.2 Å². The first-order chi connectivity index (χ1) is 8.51. The number of aryl methyl sites for hydroxylation is 2. The van der Waals surface area contributed by atoms with Crippen molar-refractivity contribution < 1.29 is 14.3 Å². The van der Waals surface area contributed by atoms with Crippen molar-refractivity contribution in [2.75, 3.05) is 7.11 Å². The van der Waals surface area contributed by atoms with E-state index in [9.17, 15) is 9.59 Å². The molecule has 0 aromatic heterocycles. The Labute approximate surface area is 106 Å². The summed E-state index contributed by atoms with van der Waals surface area (Å²) in [4.78, 5) is 24.6. The number of Topliss-reactive ketones (excluding diaryl/α,β-unsaturated/α-hetero) is 2. The normalized spacial score (nSPS) is 14.9. The zero-order valence-electron chi connectivity index (χ0n) is 11.1. The van der Waals surface area contributed by atoms with E-state index in [2.05, 4.69) is 0 Å². The highest BCUT2D eigenvalue weighted by Crippen LogP contribution is 2.30. The van der Waals surface area contributed by atoms with Gasteiger partial charge in [-0.1, -0.05) is 6.92 Å². The smallest absolute Gasteiger partial charge is 0.228 e. The molecule has 94 valence electrons. The number of ketones is 2. The van der Waals surface area contributed by atoms with Crippen LogP contribution >= 0.6 is 0 Å². The SMILES string of the molecule is CCC1=C(OC)C(=O)c2cc(C)c(C)cc2C1=O. The van der Waals surface area contributed by atoms with Crippen LogP contribution in [0.2, 0.25) is 0 Å². The number of benzene rings is 1. The molecular formula is C15H16O3. The largest absolute Gasteiger partial charge is 0.492 e. The second kappa shape index (κ2) is 4.41. The molecule has 0 unspecified atom stereocenters. The molecule has 0 heterocycles. The number of hydrogen-bond acceptors (Lipinski definition) is 3. The summed E-state index contributed by atoms with van der Waals surface area (Å²) >= 11 is 0.